The molecule has 5 rings (SSSR count). The maximum absolute atomic E-state index is 15.3. The van der Waals surface area contributed by atoms with Gasteiger partial charge in [-0.3, -0.25) is 0 Å². The number of aryl methyl sites for hydroxylation is 3. The maximum Gasteiger partial charge on any atom is 0.326 e. The van der Waals surface area contributed by atoms with E-state index in [2.05, 4.69) is 6.92 Å². The molecule has 1 nitrogen and oxygen atoms in total. The van der Waals surface area contributed by atoms with Gasteiger partial charge in [-0.2, -0.15) is 0 Å². The van der Waals surface area contributed by atoms with Gasteiger partial charge in [0.2, 0.25) is 0 Å². The number of hydrogen-bond donors (Lipinski definition) is 0. The number of benzene rings is 4. The average molecular weight is 726 g/mol. The van der Waals surface area contributed by atoms with Gasteiger partial charge in [-0.25, -0.2) is 70.3 Å². The molecule has 4 aromatic carbocycles. The van der Waals surface area contributed by atoms with Crippen LogP contribution in [0, 0.1) is 108 Å². The first-order chi connectivity index (χ1) is 23.3. The zero-order chi connectivity index (χ0) is 37.6. The van der Waals surface area contributed by atoms with Crippen LogP contribution in [0.15, 0.2) is 46.9 Å². The molecular formula is C33H18BF15O. The van der Waals surface area contributed by atoms with Crippen molar-refractivity contribution < 1.29 is 70.3 Å². The Bertz CT molecular complexity index is 1830. The van der Waals surface area contributed by atoms with Crippen molar-refractivity contribution in [3.63, 3.8) is 0 Å². The third kappa shape index (κ3) is 6.28. The molecule has 0 radical (unpaired) electrons. The van der Waals surface area contributed by atoms with Crippen LogP contribution in [0.5, 0.6) is 0 Å². The zero-order valence-corrected chi connectivity index (χ0v) is 25.4. The first kappa shape index (κ1) is 37.9. The Labute approximate surface area is 272 Å². The summed E-state index contributed by atoms with van der Waals surface area (Å²) in [5.41, 5.74) is -7.23. The standard InChI is InChI=1S/C25H7BF15.C8H11O/c27-11-8(12(28)18(34)23(39)17(11)33)26(6-7-4-2-1-3-5-7,9-13(29)19(35)24(40)20(36)14(9)30)10-15(31)21(37)25(41)22(38)16(10)32;1-6-4-7(2)9-8(3)5-6/h1-5H,6H2;4-5H,1-3H3/q-1;+1. The molecule has 0 atom stereocenters. The summed E-state index contributed by atoms with van der Waals surface area (Å²) in [7, 11) is 0. The molecule has 17 heteroatoms. The van der Waals surface area contributed by atoms with E-state index in [1.165, 1.54) is 11.6 Å². The summed E-state index contributed by atoms with van der Waals surface area (Å²) < 4.78 is 226. The highest BCUT2D eigenvalue weighted by molar-refractivity contribution is 7.11. The second kappa shape index (κ2) is 14.1. The Kier molecular flexibility index (Phi) is 10.7. The van der Waals surface area contributed by atoms with Gasteiger partial charge in [-0.15, -0.1) is 22.7 Å². The molecule has 0 aliphatic heterocycles. The van der Waals surface area contributed by atoms with Crippen LogP contribution in [0.1, 0.15) is 22.6 Å². The van der Waals surface area contributed by atoms with E-state index >= 15 is 26.3 Å². The van der Waals surface area contributed by atoms with Crippen LogP contribution in [0.4, 0.5) is 65.9 Å². The molecule has 0 aliphatic carbocycles. The van der Waals surface area contributed by atoms with E-state index in [-0.39, 0.29) is 0 Å². The summed E-state index contributed by atoms with van der Waals surface area (Å²) >= 11 is 0. The molecule has 0 saturated carbocycles. The van der Waals surface area contributed by atoms with Crippen LogP contribution in [0.3, 0.4) is 0 Å². The fraction of sp³-hybridized carbons (Fsp3) is 0.121. The normalized spacial score (nSPS) is 11.5. The van der Waals surface area contributed by atoms with Gasteiger partial charge in [0.25, 0.3) is 0 Å². The Morgan fingerprint density at radius 3 is 0.920 bits per heavy atom. The minimum atomic E-state index is -5.59. The third-order valence-corrected chi connectivity index (χ3v) is 7.78. The van der Waals surface area contributed by atoms with Gasteiger partial charge in [-0.05, 0) is 12.5 Å². The predicted molar refractivity (Wildman–Crippen MR) is 151 cm³/mol. The van der Waals surface area contributed by atoms with E-state index in [9.17, 15) is 39.5 Å². The van der Waals surface area contributed by atoms with Crippen molar-refractivity contribution in [1.82, 2.24) is 0 Å². The molecule has 0 spiro atoms. The van der Waals surface area contributed by atoms with Gasteiger partial charge >= 0.3 is 11.5 Å². The van der Waals surface area contributed by atoms with E-state index in [4.69, 9.17) is 4.42 Å². The van der Waals surface area contributed by atoms with Gasteiger partial charge in [0, 0.05) is 12.1 Å². The molecule has 5 aromatic rings. The average Bonchev–Trinajstić information content (AvgIpc) is 3.06. The lowest BCUT2D eigenvalue weighted by molar-refractivity contribution is 0.379. The summed E-state index contributed by atoms with van der Waals surface area (Å²) in [4.78, 5) is 0. The largest absolute Gasteiger partial charge is 0.326 e. The van der Waals surface area contributed by atoms with Gasteiger partial charge in [0.15, 0.2) is 52.4 Å². The van der Waals surface area contributed by atoms with Gasteiger partial charge in [-0.1, -0.05) is 35.9 Å². The Hall–Kier alpha value is -4.96. The van der Waals surface area contributed by atoms with Crippen LogP contribution >= 0.6 is 0 Å². The lowest BCUT2D eigenvalue weighted by Crippen LogP contribution is -2.74. The van der Waals surface area contributed by atoms with Crippen molar-refractivity contribution >= 4 is 22.5 Å². The molecule has 0 unspecified atom stereocenters. The quantitative estimate of drug-likeness (QED) is 0.0582. The molecular weight excluding hydrogens is 708 g/mol. The van der Waals surface area contributed by atoms with Crippen LogP contribution in [-0.4, -0.2) is 6.15 Å². The molecule has 0 N–H and O–H groups in total. The topological polar surface area (TPSA) is 11.3 Å². The van der Waals surface area contributed by atoms with Crippen molar-refractivity contribution in [1.29, 1.82) is 0 Å². The van der Waals surface area contributed by atoms with Gasteiger partial charge in [0.05, 0.1) is 13.8 Å². The summed E-state index contributed by atoms with van der Waals surface area (Å²) in [6.07, 6.45) is -7.42. The minimum absolute atomic E-state index is 0.607. The molecule has 0 bridgehead atoms. The first-order valence-corrected chi connectivity index (χ1v) is 13.9. The number of rotatable bonds is 5. The SMILES string of the molecule is Cc1cc(C)[o+]c(C)c1.Fc1c(F)c(F)c([B-](Cc2ccccc2)(c2c(F)c(F)c(F)c(F)c2F)c2c(F)c(F)c(F)c(F)c2F)c(F)c1F. The van der Waals surface area contributed by atoms with Crippen molar-refractivity contribution in [2.75, 3.05) is 0 Å². The van der Waals surface area contributed by atoms with Crippen LogP contribution in [-0.2, 0) is 6.32 Å². The Morgan fingerprint density at radius 1 is 0.400 bits per heavy atom. The summed E-state index contributed by atoms with van der Waals surface area (Å²) in [5.74, 6) is -43.2. The summed E-state index contributed by atoms with van der Waals surface area (Å²) in [5, 5.41) is 0. The smallest absolute Gasteiger partial charge is 0.218 e. The summed E-state index contributed by atoms with van der Waals surface area (Å²) in [6, 6.07) is 8.98. The van der Waals surface area contributed by atoms with Gasteiger partial charge in [0.1, 0.15) is 41.0 Å². The monoisotopic (exact) mass is 726 g/mol. The second-order valence-corrected chi connectivity index (χ2v) is 11.0. The minimum Gasteiger partial charge on any atom is -0.218 e. The highest BCUT2D eigenvalue weighted by Gasteiger charge is 2.48. The van der Waals surface area contributed by atoms with E-state index in [1.54, 1.807) is 0 Å². The highest BCUT2D eigenvalue weighted by Crippen LogP contribution is 2.30. The summed E-state index contributed by atoms with van der Waals surface area (Å²) in [6.45, 7) is 5.98. The Morgan fingerprint density at radius 2 is 0.660 bits per heavy atom. The third-order valence-electron chi connectivity index (χ3n) is 7.78. The fourth-order valence-corrected chi connectivity index (χ4v) is 5.87. The predicted octanol–water partition coefficient (Wildman–Crippen LogP) is 8.51. The fourth-order valence-electron chi connectivity index (χ4n) is 5.87. The van der Waals surface area contributed by atoms with Crippen molar-refractivity contribution in [2.24, 2.45) is 0 Å². The number of hydrogen-bond acceptors (Lipinski definition) is 0. The molecule has 1 heterocycles. The van der Waals surface area contributed by atoms with Crippen molar-refractivity contribution in [3.05, 3.63) is 152 Å². The van der Waals surface area contributed by atoms with Crippen LogP contribution < -0.4 is 16.4 Å². The van der Waals surface area contributed by atoms with E-state index in [1.807, 2.05) is 26.0 Å². The van der Waals surface area contributed by atoms with Crippen molar-refractivity contribution in [3.8, 4) is 0 Å². The molecule has 50 heavy (non-hydrogen) atoms. The van der Waals surface area contributed by atoms with E-state index in [0.717, 1.165) is 35.8 Å². The zero-order valence-electron chi connectivity index (χ0n) is 25.4. The molecule has 0 aliphatic rings. The van der Waals surface area contributed by atoms with Crippen molar-refractivity contribution in [2.45, 2.75) is 27.1 Å². The van der Waals surface area contributed by atoms with E-state index < -0.39 is 122 Å². The number of halogens is 15. The molecule has 264 valence electrons. The second-order valence-electron chi connectivity index (χ2n) is 11.0. The first-order valence-electron chi connectivity index (χ1n) is 13.9. The Balaban J connectivity index is 0.000000541. The van der Waals surface area contributed by atoms with Gasteiger partial charge < -0.3 is 0 Å². The lowest BCUT2D eigenvalue weighted by atomic mass is 9.13. The molecule has 1 aromatic heterocycles. The molecule has 0 saturated heterocycles. The molecule has 0 amide bonds. The lowest BCUT2D eigenvalue weighted by Gasteiger charge is -2.44. The van der Waals surface area contributed by atoms with Crippen LogP contribution in [0.25, 0.3) is 0 Å². The van der Waals surface area contributed by atoms with Crippen LogP contribution in [0.2, 0.25) is 0 Å². The van der Waals surface area contributed by atoms with E-state index in [0.29, 0.717) is 0 Å². The maximum atomic E-state index is 15.3. The highest BCUT2D eigenvalue weighted by atomic mass is 19.2. The molecule has 0 fully saturated rings.